The number of aryl methyl sites for hydroxylation is 1. The van der Waals surface area contributed by atoms with Crippen molar-refractivity contribution >= 4 is 27.6 Å². The number of nitrogens with zero attached hydrogens (tertiary/aromatic N) is 2. The van der Waals surface area contributed by atoms with Gasteiger partial charge in [-0.05, 0) is 21.8 Å². The number of hydrogen-bond acceptors (Lipinski definition) is 4. The second-order valence-corrected chi connectivity index (χ2v) is 4.94. The van der Waals surface area contributed by atoms with E-state index in [-0.39, 0.29) is 15.9 Å². The molecule has 0 aliphatic rings. The zero-order valence-electron chi connectivity index (χ0n) is 10.5. The van der Waals surface area contributed by atoms with Gasteiger partial charge in [-0.15, -0.1) is 0 Å². The monoisotopic (exact) mass is 317 g/mol. The summed E-state index contributed by atoms with van der Waals surface area (Å²) in [6.07, 6.45) is 2.16. The zero-order chi connectivity index (χ0) is 13.9. The number of halogens is 1. The minimum atomic E-state index is -0.947. The molecule has 0 spiro atoms. The number of aliphatic carboxylic acids is 1. The van der Waals surface area contributed by atoms with E-state index in [1.54, 1.807) is 0 Å². The van der Waals surface area contributed by atoms with Crippen LogP contribution < -0.4 is 10.9 Å². The van der Waals surface area contributed by atoms with E-state index in [2.05, 4.69) is 26.3 Å². The summed E-state index contributed by atoms with van der Waals surface area (Å²) in [6, 6.07) is -0.750. The summed E-state index contributed by atoms with van der Waals surface area (Å²) in [4.78, 5) is 22.8. The molecule has 6 nitrogen and oxygen atoms in total. The first kappa shape index (κ1) is 14.7. The van der Waals surface area contributed by atoms with Crippen molar-refractivity contribution in [1.82, 2.24) is 9.78 Å². The fourth-order valence-corrected chi connectivity index (χ4v) is 1.94. The van der Waals surface area contributed by atoms with E-state index in [0.29, 0.717) is 5.69 Å². The second kappa shape index (κ2) is 5.99. The van der Waals surface area contributed by atoms with Gasteiger partial charge in [-0.2, -0.15) is 5.10 Å². The summed E-state index contributed by atoms with van der Waals surface area (Å²) in [5.74, 6) is -1.00. The standard InChI is InChI=1S/C11H16BrN3O3/c1-4-6(2)9(11(17)18)14-7-5-13-15(3)10(16)8(7)12/h5-6,9,14H,4H2,1-3H3,(H,17,18)/t6-,9-/m0/s1. The highest BCUT2D eigenvalue weighted by molar-refractivity contribution is 9.10. The second-order valence-electron chi connectivity index (χ2n) is 4.15. The Morgan fingerprint density at radius 3 is 2.78 bits per heavy atom. The molecule has 0 aromatic carbocycles. The smallest absolute Gasteiger partial charge is 0.326 e. The molecule has 0 aliphatic carbocycles. The average Bonchev–Trinajstić information content (AvgIpc) is 2.34. The molecular formula is C11H16BrN3O3. The predicted octanol–water partition coefficient (Wildman–Crippen LogP) is 1.45. The van der Waals surface area contributed by atoms with E-state index < -0.39 is 12.0 Å². The zero-order valence-corrected chi connectivity index (χ0v) is 12.1. The molecule has 0 saturated heterocycles. The van der Waals surface area contributed by atoms with Gasteiger partial charge in [0.05, 0.1) is 11.9 Å². The number of carbonyl (C=O) groups is 1. The number of rotatable bonds is 5. The van der Waals surface area contributed by atoms with Crippen molar-refractivity contribution in [2.45, 2.75) is 26.3 Å². The molecule has 7 heteroatoms. The Kier molecular flexibility index (Phi) is 4.89. The highest BCUT2D eigenvalue weighted by atomic mass is 79.9. The molecule has 0 fully saturated rings. The van der Waals surface area contributed by atoms with Crippen molar-refractivity contribution in [2.24, 2.45) is 13.0 Å². The van der Waals surface area contributed by atoms with E-state index in [0.717, 1.165) is 6.42 Å². The van der Waals surface area contributed by atoms with E-state index in [9.17, 15) is 9.59 Å². The van der Waals surface area contributed by atoms with Crippen LogP contribution in [0.1, 0.15) is 20.3 Å². The maximum atomic E-state index is 11.6. The van der Waals surface area contributed by atoms with Crippen molar-refractivity contribution < 1.29 is 9.90 Å². The minimum Gasteiger partial charge on any atom is -0.480 e. The van der Waals surface area contributed by atoms with Crippen molar-refractivity contribution in [3.63, 3.8) is 0 Å². The molecule has 0 unspecified atom stereocenters. The first-order valence-electron chi connectivity index (χ1n) is 5.59. The lowest BCUT2D eigenvalue weighted by molar-refractivity contribution is -0.139. The number of carboxylic acid groups (broad SMARTS) is 1. The highest BCUT2D eigenvalue weighted by Gasteiger charge is 2.24. The highest BCUT2D eigenvalue weighted by Crippen LogP contribution is 2.20. The number of carboxylic acids is 1. The third-order valence-corrected chi connectivity index (χ3v) is 3.63. The van der Waals surface area contributed by atoms with E-state index in [1.165, 1.54) is 17.9 Å². The van der Waals surface area contributed by atoms with Gasteiger partial charge in [0.25, 0.3) is 5.56 Å². The van der Waals surface area contributed by atoms with Gasteiger partial charge in [0.15, 0.2) is 0 Å². The quantitative estimate of drug-likeness (QED) is 0.858. The van der Waals surface area contributed by atoms with Crippen LogP contribution in [-0.4, -0.2) is 26.9 Å². The number of hydrogen-bond donors (Lipinski definition) is 2. The molecule has 1 heterocycles. The van der Waals surface area contributed by atoms with Crippen LogP contribution in [0, 0.1) is 5.92 Å². The molecule has 1 rings (SSSR count). The Morgan fingerprint density at radius 2 is 2.28 bits per heavy atom. The Labute approximate surface area is 113 Å². The molecule has 0 amide bonds. The van der Waals surface area contributed by atoms with Gasteiger partial charge in [-0.3, -0.25) is 4.79 Å². The fraction of sp³-hybridized carbons (Fsp3) is 0.545. The number of anilines is 1. The summed E-state index contributed by atoms with van der Waals surface area (Å²) in [6.45, 7) is 3.76. The molecule has 2 N–H and O–H groups in total. The molecule has 1 aromatic rings. The van der Waals surface area contributed by atoms with Gasteiger partial charge in [-0.25, -0.2) is 9.48 Å². The van der Waals surface area contributed by atoms with E-state index in [4.69, 9.17) is 5.11 Å². The first-order valence-corrected chi connectivity index (χ1v) is 6.38. The Hall–Kier alpha value is -1.37. The topological polar surface area (TPSA) is 84.2 Å². The van der Waals surface area contributed by atoms with Gasteiger partial charge in [-0.1, -0.05) is 20.3 Å². The molecular weight excluding hydrogens is 302 g/mol. The van der Waals surface area contributed by atoms with Gasteiger partial charge in [0, 0.05) is 7.05 Å². The number of nitrogens with one attached hydrogen (secondary N) is 1. The molecule has 0 aliphatic heterocycles. The molecule has 18 heavy (non-hydrogen) atoms. The lowest BCUT2D eigenvalue weighted by atomic mass is 9.99. The van der Waals surface area contributed by atoms with Crippen molar-refractivity contribution in [2.75, 3.05) is 5.32 Å². The van der Waals surface area contributed by atoms with Gasteiger partial charge >= 0.3 is 5.97 Å². The SMILES string of the molecule is CC[C@H](C)[C@H](Nc1cnn(C)c(=O)c1Br)C(=O)O. The summed E-state index contributed by atoms with van der Waals surface area (Å²) >= 11 is 3.15. The fourth-order valence-electron chi connectivity index (χ4n) is 1.46. The molecule has 1 aromatic heterocycles. The van der Waals surface area contributed by atoms with Crippen molar-refractivity contribution in [1.29, 1.82) is 0 Å². The largest absolute Gasteiger partial charge is 0.480 e. The van der Waals surface area contributed by atoms with Gasteiger partial charge in [0.2, 0.25) is 0 Å². The van der Waals surface area contributed by atoms with E-state index in [1.807, 2.05) is 13.8 Å². The van der Waals surface area contributed by atoms with Crippen LogP contribution in [0.2, 0.25) is 0 Å². The average molecular weight is 318 g/mol. The number of aromatic nitrogens is 2. The van der Waals surface area contributed by atoms with Crippen LogP contribution >= 0.6 is 15.9 Å². The van der Waals surface area contributed by atoms with Gasteiger partial charge in [0.1, 0.15) is 10.5 Å². The summed E-state index contributed by atoms with van der Waals surface area (Å²) in [5, 5.41) is 15.9. The predicted molar refractivity (Wildman–Crippen MR) is 71.7 cm³/mol. The third kappa shape index (κ3) is 3.10. The van der Waals surface area contributed by atoms with Crippen LogP contribution in [-0.2, 0) is 11.8 Å². The van der Waals surface area contributed by atoms with Crippen molar-refractivity contribution in [3.8, 4) is 0 Å². The van der Waals surface area contributed by atoms with Crippen LogP contribution in [0.5, 0.6) is 0 Å². The lowest BCUT2D eigenvalue weighted by Crippen LogP contribution is -2.36. The molecule has 0 saturated carbocycles. The minimum absolute atomic E-state index is 0.0570. The summed E-state index contributed by atoms with van der Waals surface area (Å²) in [7, 11) is 1.53. The maximum absolute atomic E-state index is 11.6. The maximum Gasteiger partial charge on any atom is 0.326 e. The molecule has 100 valence electrons. The van der Waals surface area contributed by atoms with E-state index >= 15 is 0 Å². The lowest BCUT2D eigenvalue weighted by Gasteiger charge is -2.21. The normalized spacial score (nSPS) is 14.0. The Bertz CT molecular complexity index is 501. The summed E-state index contributed by atoms with van der Waals surface area (Å²) < 4.78 is 1.46. The first-order chi connectivity index (χ1) is 8.38. The van der Waals surface area contributed by atoms with Crippen LogP contribution in [0.15, 0.2) is 15.5 Å². The Morgan fingerprint density at radius 1 is 1.67 bits per heavy atom. The summed E-state index contributed by atoms with van der Waals surface area (Å²) in [5.41, 5.74) is 0.0825. The molecule has 0 radical (unpaired) electrons. The third-order valence-electron chi connectivity index (χ3n) is 2.87. The van der Waals surface area contributed by atoms with Crippen LogP contribution in [0.3, 0.4) is 0 Å². The van der Waals surface area contributed by atoms with Crippen LogP contribution in [0.25, 0.3) is 0 Å². The Balaban J connectivity index is 3.05. The van der Waals surface area contributed by atoms with Crippen molar-refractivity contribution in [3.05, 3.63) is 21.0 Å². The molecule has 2 atom stereocenters. The van der Waals surface area contributed by atoms with Gasteiger partial charge < -0.3 is 10.4 Å². The molecule has 0 bridgehead atoms. The van der Waals surface area contributed by atoms with Crippen LogP contribution in [0.4, 0.5) is 5.69 Å².